The number of hydrogen-bond acceptors (Lipinski definition) is 4. The van der Waals surface area contributed by atoms with E-state index in [1.807, 2.05) is 60.7 Å². The molecule has 3 aromatic rings. The summed E-state index contributed by atoms with van der Waals surface area (Å²) in [5.74, 6) is 0.726. The molecule has 0 unspecified atom stereocenters. The van der Waals surface area contributed by atoms with E-state index in [0.717, 1.165) is 22.6 Å². The summed E-state index contributed by atoms with van der Waals surface area (Å²) >= 11 is 0. The Balaban J connectivity index is 1.81. The van der Waals surface area contributed by atoms with Crippen LogP contribution in [0, 0.1) is 6.92 Å². The zero-order valence-corrected chi connectivity index (χ0v) is 17.1. The van der Waals surface area contributed by atoms with Gasteiger partial charge in [0, 0.05) is 6.42 Å². The number of ether oxygens (including phenoxy) is 1. The first-order valence-corrected chi connectivity index (χ1v) is 10.8. The third-order valence-electron chi connectivity index (χ3n) is 5.10. The Bertz CT molecular complexity index is 1140. The molecule has 0 amide bonds. The van der Waals surface area contributed by atoms with Gasteiger partial charge in [0.2, 0.25) is 0 Å². The molecule has 0 radical (unpaired) electrons. The van der Waals surface area contributed by atoms with E-state index in [4.69, 9.17) is 4.74 Å². The maximum atomic E-state index is 13.5. The number of nitrogens with zero attached hydrogens (tertiary/aromatic N) is 2. The summed E-state index contributed by atoms with van der Waals surface area (Å²) in [6, 6.07) is 23.8. The summed E-state index contributed by atoms with van der Waals surface area (Å²) < 4.78 is 33.6. The number of hydrazone groups is 1. The molecule has 0 saturated heterocycles. The van der Waals surface area contributed by atoms with E-state index in [-0.39, 0.29) is 4.90 Å². The van der Waals surface area contributed by atoms with Crippen LogP contribution >= 0.6 is 0 Å². The van der Waals surface area contributed by atoms with Gasteiger partial charge in [-0.15, -0.1) is 0 Å². The van der Waals surface area contributed by atoms with Crippen LogP contribution in [0.15, 0.2) is 88.9 Å². The van der Waals surface area contributed by atoms with E-state index in [2.05, 4.69) is 5.10 Å². The topological polar surface area (TPSA) is 59.0 Å². The van der Waals surface area contributed by atoms with E-state index in [9.17, 15) is 8.42 Å². The zero-order chi connectivity index (χ0) is 20.4. The molecular formula is C23H22N2O3S. The molecule has 0 aromatic heterocycles. The molecule has 29 heavy (non-hydrogen) atoms. The van der Waals surface area contributed by atoms with Crippen molar-refractivity contribution in [1.29, 1.82) is 0 Å². The fourth-order valence-electron chi connectivity index (χ4n) is 3.54. The largest absolute Gasteiger partial charge is 0.497 e. The number of aryl methyl sites for hydroxylation is 1. The Morgan fingerprint density at radius 3 is 2.24 bits per heavy atom. The van der Waals surface area contributed by atoms with Crippen molar-refractivity contribution in [2.75, 3.05) is 7.11 Å². The van der Waals surface area contributed by atoms with Crippen LogP contribution < -0.4 is 4.74 Å². The highest BCUT2D eigenvalue weighted by Crippen LogP contribution is 2.38. The summed E-state index contributed by atoms with van der Waals surface area (Å²) in [7, 11) is -2.20. The van der Waals surface area contributed by atoms with Crippen LogP contribution in [0.1, 0.15) is 29.2 Å². The highest BCUT2D eigenvalue weighted by atomic mass is 32.2. The maximum Gasteiger partial charge on any atom is 0.279 e. The Kier molecular flexibility index (Phi) is 5.11. The monoisotopic (exact) mass is 406 g/mol. The molecular weight excluding hydrogens is 384 g/mol. The quantitative estimate of drug-likeness (QED) is 0.625. The summed E-state index contributed by atoms with van der Waals surface area (Å²) in [5.41, 5.74) is 3.25. The Hall–Kier alpha value is -3.12. The molecule has 1 heterocycles. The predicted molar refractivity (Wildman–Crippen MR) is 114 cm³/mol. The number of rotatable bonds is 5. The zero-order valence-electron chi connectivity index (χ0n) is 16.3. The van der Waals surface area contributed by atoms with Crippen molar-refractivity contribution in [3.05, 3.63) is 95.6 Å². The number of sulfonamides is 1. The molecule has 6 heteroatoms. The van der Waals surface area contributed by atoms with Gasteiger partial charge in [0.1, 0.15) is 5.75 Å². The summed E-state index contributed by atoms with van der Waals surface area (Å²) in [6.45, 7) is 1.80. The van der Waals surface area contributed by atoms with Crippen molar-refractivity contribution in [2.45, 2.75) is 24.3 Å². The van der Waals surface area contributed by atoms with Crippen LogP contribution in [0.4, 0.5) is 0 Å². The summed E-state index contributed by atoms with van der Waals surface area (Å²) in [5, 5.41) is 4.58. The van der Waals surface area contributed by atoms with Crippen molar-refractivity contribution in [2.24, 2.45) is 5.10 Å². The molecule has 0 bridgehead atoms. The first kappa shape index (κ1) is 19.2. The Morgan fingerprint density at radius 2 is 1.59 bits per heavy atom. The number of benzene rings is 3. The molecule has 0 aliphatic carbocycles. The van der Waals surface area contributed by atoms with Crippen LogP contribution in [-0.4, -0.2) is 25.7 Å². The smallest absolute Gasteiger partial charge is 0.279 e. The van der Waals surface area contributed by atoms with Crippen molar-refractivity contribution < 1.29 is 13.2 Å². The molecule has 0 saturated carbocycles. The highest BCUT2D eigenvalue weighted by molar-refractivity contribution is 7.89. The predicted octanol–water partition coefficient (Wildman–Crippen LogP) is 4.54. The Labute approximate surface area is 171 Å². The van der Waals surface area contributed by atoms with Gasteiger partial charge >= 0.3 is 0 Å². The first-order valence-electron chi connectivity index (χ1n) is 9.37. The number of methoxy groups -OCH3 is 1. The lowest BCUT2D eigenvalue weighted by atomic mass is 9.99. The van der Waals surface area contributed by atoms with E-state index < -0.39 is 16.1 Å². The van der Waals surface area contributed by atoms with Gasteiger partial charge in [-0.05, 0) is 41.8 Å². The van der Waals surface area contributed by atoms with Crippen LogP contribution in [0.2, 0.25) is 0 Å². The molecule has 5 nitrogen and oxygen atoms in total. The van der Waals surface area contributed by atoms with Gasteiger partial charge < -0.3 is 4.74 Å². The van der Waals surface area contributed by atoms with Crippen LogP contribution in [0.25, 0.3) is 0 Å². The normalized spacial score (nSPS) is 16.6. The van der Waals surface area contributed by atoms with Crippen LogP contribution in [0.5, 0.6) is 5.75 Å². The minimum absolute atomic E-state index is 0.275. The van der Waals surface area contributed by atoms with E-state index in [1.165, 1.54) is 4.41 Å². The van der Waals surface area contributed by atoms with Crippen LogP contribution in [0.3, 0.4) is 0 Å². The maximum absolute atomic E-state index is 13.5. The number of hydrogen-bond donors (Lipinski definition) is 0. The van der Waals surface area contributed by atoms with Gasteiger partial charge in [0.15, 0.2) is 0 Å². The van der Waals surface area contributed by atoms with Gasteiger partial charge in [0.05, 0.1) is 23.8 Å². The SMILES string of the molecule is COc1ccc([C@@H]2CC(c3ccccc3)=NN2S(=O)(=O)c2ccccc2C)cc1. The van der Waals surface area contributed by atoms with Crippen molar-refractivity contribution in [3.8, 4) is 5.75 Å². The fraction of sp³-hybridized carbons (Fsp3) is 0.174. The standard InChI is InChI=1S/C23H22N2O3S/c1-17-8-6-7-11-23(17)29(26,27)25-22(19-12-14-20(28-2)15-13-19)16-21(24-25)18-9-4-3-5-10-18/h3-15,22H,16H2,1-2H3/t22-/m0/s1. The second-order valence-electron chi connectivity index (χ2n) is 6.95. The summed E-state index contributed by atoms with van der Waals surface area (Å²) in [4.78, 5) is 0.275. The molecule has 148 valence electrons. The molecule has 0 fully saturated rings. The molecule has 1 aliphatic heterocycles. The Morgan fingerprint density at radius 1 is 0.931 bits per heavy atom. The molecule has 4 rings (SSSR count). The molecule has 0 N–H and O–H groups in total. The molecule has 1 atom stereocenters. The third-order valence-corrected chi connectivity index (χ3v) is 6.94. The first-order chi connectivity index (χ1) is 14.0. The highest BCUT2D eigenvalue weighted by Gasteiger charge is 2.38. The minimum Gasteiger partial charge on any atom is -0.497 e. The second kappa shape index (κ2) is 7.72. The van der Waals surface area contributed by atoms with Gasteiger partial charge in [-0.1, -0.05) is 60.7 Å². The lowest BCUT2D eigenvalue weighted by Gasteiger charge is -2.24. The fourth-order valence-corrected chi connectivity index (χ4v) is 5.20. The second-order valence-corrected chi connectivity index (χ2v) is 8.71. The van der Waals surface area contributed by atoms with E-state index >= 15 is 0 Å². The van der Waals surface area contributed by atoms with E-state index in [1.54, 1.807) is 32.2 Å². The van der Waals surface area contributed by atoms with Crippen LogP contribution in [-0.2, 0) is 10.0 Å². The molecule has 0 spiro atoms. The average Bonchev–Trinajstić information content (AvgIpc) is 3.21. The lowest BCUT2D eigenvalue weighted by Crippen LogP contribution is -2.27. The van der Waals surface area contributed by atoms with Gasteiger partial charge in [-0.2, -0.15) is 17.9 Å². The van der Waals surface area contributed by atoms with Gasteiger partial charge in [0.25, 0.3) is 10.0 Å². The average molecular weight is 407 g/mol. The third kappa shape index (κ3) is 3.63. The molecule has 3 aromatic carbocycles. The minimum atomic E-state index is -3.81. The lowest BCUT2D eigenvalue weighted by molar-refractivity contribution is 0.370. The van der Waals surface area contributed by atoms with Crippen molar-refractivity contribution in [3.63, 3.8) is 0 Å². The summed E-state index contributed by atoms with van der Waals surface area (Å²) in [6.07, 6.45) is 0.501. The van der Waals surface area contributed by atoms with Crippen molar-refractivity contribution >= 4 is 15.7 Å². The van der Waals surface area contributed by atoms with Gasteiger partial charge in [-0.25, -0.2) is 0 Å². The van der Waals surface area contributed by atoms with E-state index in [0.29, 0.717) is 12.0 Å². The van der Waals surface area contributed by atoms with Crippen molar-refractivity contribution in [1.82, 2.24) is 4.41 Å². The molecule has 1 aliphatic rings. The van der Waals surface area contributed by atoms with Gasteiger partial charge in [-0.3, -0.25) is 0 Å².